The van der Waals surface area contributed by atoms with E-state index in [0.29, 0.717) is 25.7 Å². The fourth-order valence-corrected chi connectivity index (χ4v) is 9.29. The standard InChI is InChI=1S/C50H83N3O16P2/c1-3-5-7-8-9-10-11-12-13-14-17-20-23-26-30-34-45(55)64-38-42(67-46(56)35-31-27-24-21-18-15-16-19-22-25-29-33-41(54)32-28-6-4-2)39-65-70(60,61)69-71(62,63)66-40-43-47(57)48(58)49(68-43)53-37-36-44(51)52-50(53)59/h10-11,15-16,21-22,24-25,29,33,36-37,41-43,47-49,54,57-58H,3-9,12-14,17-20,23,26-28,30-32,34-35,38-40H2,1-2H3,(H,60,61)(H,62,63)(H2,51,52,59)/b11-10-,16-15-,24-21-,25-22-,33-29+/t41-,42+,43+,47+,48+,49+/m0/s1. The zero-order chi connectivity index (χ0) is 52.2. The minimum absolute atomic E-state index is 0.0485. The number of rotatable bonds is 41. The first-order valence-electron chi connectivity index (χ1n) is 25.4. The summed E-state index contributed by atoms with van der Waals surface area (Å²) in [5.74, 6) is -1.40. The van der Waals surface area contributed by atoms with E-state index in [1.165, 1.54) is 31.7 Å². The number of carbonyl (C=O) groups is 2. The number of aliphatic hydroxyl groups excluding tert-OH is 3. The lowest BCUT2D eigenvalue weighted by molar-refractivity contribution is -0.161. The number of nitrogens with two attached hydrogens (primary N) is 1. The van der Waals surface area contributed by atoms with Crippen molar-refractivity contribution in [3.8, 4) is 0 Å². The van der Waals surface area contributed by atoms with Crippen molar-refractivity contribution in [2.24, 2.45) is 0 Å². The van der Waals surface area contributed by atoms with Gasteiger partial charge < -0.3 is 45.1 Å². The highest BCUT2D eigenvalue weighted by molar-refractivity contribution is 7.61. The molecule has 2 rings (SSSR count). The first-order valence-corrected chi connectivity index (χ1v) is 28.4. The van der Waals surface area contributed by atoms with E-state index in [1.807, 2.05) is 42.5 Å². The summed E-state index contributed by atoms with van der Waals surface area (Å²) < 4.78 is 56.7. The molecule has 21 heteroatoms. The lowest BCUT2D eigenvalue weighted by atomic mass is 10.1. The Labute approximate surface area is 420 Å². The Morgan fingerprint density at radius 2 is 1.32 bits per heavy atom. The number of phosphoric acid groups is 2. The second-order valence-corrected chi connectivity index (χ2v) is 20.6. The molecule has 2 unspecified atom stereocenters. The molecule has 1 saturated heterocycles. The number of anilines is 1. The minimum atomic E-state index is -5.45. The van der Waals surface area contributed by atoms with Crippen molar-refractivity contribution in [2.75, 3.05) is 25.6 Å². The largest absolute Gasteiger partial charge is 0.481 e. The van der Waals surface area contributed by atoms with Gasteiger partial charge in [0.25, 0.3) is 0 Å². The average Bonchev–Trinajstić information content (AvgIpc) is 3.60. The summed E-state index contributed by atoms with van der Waals surface area (Å²) in [5.41, 5.74) is 4.58. The average molecular weight is 1040 g/mol. The molecule has 1 fully saturated rings. The summed E-state index contributed by atoms with van der Waals surface area (Å²) in [6, 6.07) is 1.24. The molecule has 7 N–H and O–H groups in total. The summed E-state index contributed by atoms with van der Waals surface area (Å²) in [5, 5.41) is 30.8. The summed E-state index contributed by atoms with van der Waals surface area (Å²) in [4.78, 5) is 61.9. The van der Waals surface area contributed by atoms with Gasteiger partial charge in [0, 0.05) is 19.0 Å². The van der Waals surface area contributed by atoms with Crippen LogP contribution >= 0.6 is 15.6 Å². The Morgan fingerprint density at radius 3 is 2.01 bits per heavy atom. The van der Waals surface area contributed by atoms with E-state index in [0.717, 1.165) is 94.2 Å². The highest BCUT2D eigenvalue weighted by atomic mass is 31.3. The van der Waals surface area contributed by atoms with Gasteiger partial charge in [-0.2, -0.15) is 9.29 Å². The zero-order valence-electron chi connectivity index (χ0n) is 41.9. The Bertz CT molecular complexity index is 1940. The molecule has 8 atom stereocenters. The van der Waals surface area contributed by atoms with Crippen molar-refractivity contribution in [3.63, 3.8) is 0 Å². The van der Waals surface area contributed by atoms with Crippen LogP contribution in [0, 0.1) is 0 Å². The van der Waals surface area contributed by atoms with E-state index in [4.69, 9.17) is 29.0 Å². The smallest absolute Gasteiger partial charge is 0.462 e. The number of ether oxygens (including phenoxy) is 3. The number of hydrogen-bond donors (Lipinski definition) is 6. The normalized spacial score (nSPS) is 20.1. The number of esters is 2. The fourth-order valence-electron chi connectivity index (χ4n) is 7.17. The molecular weight excluding hydrogens is 961 g/mol. The number of nitrogens with zero attached hydrogens (tertiary/aromatic N) is 2. The van der Waals surface area contributed by atoms with E-state index in [1.54, 1.807) is 6.08 Å². The van der Waals surface area contributed by atoms with Crippen molar-refractivity contribution in [2.45, 2.75) is 198 Å². The summed E-state index contributed by atoms with van der Waals surface area (Å²) in [6.45, 7) is 1.95. The molecule has 71 heavy (non-hydrogen) atoms. The molecule has 1 aliphatic rings. The van der Waals surface area contributed by atoms with Crippen LogP contribution in [0.2, 0.25) is 0 Å². The second-order valence-electron chi connectivity index (χ2n) is 17.5. The molecule has 404 valence electrons. The quantitative estimate of drug-likeness (QED) is 0.0117. The SMILES string of the molecule is CCCCCC/C=C\CCCCCCCCCC(=O)OC[C@H](COP(=O)(O)OP(=O)(O)OC[C@H]1O[C@@H](n2ccc(N)nc2=O)[C@H](O)[C@@H]1O)OC(=O)CCC/C=C\C/C=C\C/C=C\C=C\[C@@H](O)CCCCC. The van der Waals surface area contributed by atoms with Gasteiger partial charge in [-0.25, -0.2) is 13.9 Å². The van der Waals surface area contributed by atoms with Crippen molar-refractivity contribution < 1.29 is 71.4 Å². The third-order valence-electron chi connectivity index (χ3n) is 11.2. The van der Waals surface area contributed by atoms with Crippen molar-refractivity contribution in [3.05, 3.63) is 83.5 Å². The van der Waals surface area contributed by atoms with Crippen LogP contribution in [0.15, 0.2) is 77.8 Å². The van der Waals surface area contributed by atoms with Crippen LogP contribution in [0.25, 0.3) is 0 Å². The van der Waals surface area contributed by atoms with Crippen LogP contribution in [0.5, 0.6) is 0 Å². The number of aromatic nitrogens is 2. The Kier molecular flexibility index (Phi) is 34.1. The lowest BCUT2D eigenvalue weighted by Crippen LogP contribution is -2.36. The van der Waals surface area contributed by atoms with Crippen molar-refractivity contribution in [1.82, 2.24) is 9.55 Å². The Hall–Kier alpha value is -3.58. The van der Waals surface area contributed by atoms with Gasteiger partial charge in [0.2, 0.25) is 0 Å². The van der Waals surface area contributed by atoms with Gasteiger partial charge in [-0.15, -0.1) is 0 Å². The van der Waals surface area contributed by atoms with Gasteiger partial charge >= 0.3 is 33.3 Å². The molecule has 0 amide bonds. The van der Waals surface area contributed by atoms with Gasteiger partial charge in [-0.1, -0.05) is 145 Å². The van der Waals surface area contributed by atoms with E-state index < -0.39 is 89.8 Å². The first kappa shape index (κ1) is 63.5. The van der Waals surface area contributed by atoms with Gasteiger partial charge in [0.15, 0.2) is 12.3 Å². The molecule has 19 nitrogen and oxygen atoms in total. The fraction of sp³-hybridized carbons (Fsp3) is 0.680. The molecule has 2 heterocycles. The maximum atomic E-state index is 12.8. The molecular formula is C50H83N3O16P2. The van der Waals surface area contributed by atoms with E-state index in [2.05, 4.69) is 35.3 Å². The number of unbranched alkanes of at least 4 members (excludes halogenated alkanes) is 14. The highest BCUT2D eigenvalue weighted by Gasteiger charge is 2.46. The van der Waals surface area contributed by atoms with Crippen molar-refractivity contribution in [1.29, 1.82) is 0 Å². The molecule has 0 saturated carbocycles. The number of carbonyl (C=O) groups excluding carboxylic acids is 2. The predicted molar refractivity (Wildman–Crippen MR) is 272 cm³/mol. The van der Waals surface area contributed by atoms with Crippen LogP contribution in [-0.4, -0.2) is 96.9 Å². The summed E-state index contributed by atoms with van der Waals surface area (Å²) >= 11 is 0. The third-order valence-corrected chi connectivity index (χ3v) is 13.8. The number of aliphatic hydroxyl groups is 3. The van der Waals surface area contributed by atoms with Gasteiger partial charge in [0.05, 0.1) is 19.3 Å². The molecule has 0 spiro atoms. The molecule has 0 aromatic carbocycles. The number of phosphoric ester groups is 2. The van der Waals surface area contributed by atoms with Gasteiger partial charge in [-0.05, 0) is 70.3 Å². The van der Waals surface area contributed by atoms with Gasteiger partial charge in [0.1, 0.15) is 30.7 Å². The number of nitrogen functional groups attached to an aromatic ring is 1. The molecule has 0 bridgehead atoms. The molecule has 0 aliphatic carbocycles. The van der Waals surface area contributed by atoms with Crippen LogP contribution in [0.4, 0.5) is 5.82 Å². The minimum Gasteiger partial charge on any atom is -0.462 e. The highest BCUT2D eigenvalue weighted by Crippen LogP contribution is 2.60. The monoisotopic (exact) mass is 1040 g/mol. The van der Waals surface area contributed by atoms with Crippen LogP contribution in [-0.2, 0) is 46.3 Å². The number of hydrogen-bond acceptors (Lipinski definition) is 16. The van der Waals surface area contributed by atoms with Crippen molar-refractivity contribution >= 4 is 33.4 Å². The van der Waals surface area contributed by atoms with E-state index in [9.17, 15) is 48.6 Å². The Morgan fingerprint density at radius 1 is 0.746 bits per heavy atom. The zero-order valence-corrected chi connectivity index (χ0v) is 43.7. The molecule has 1 aliphatic heterocycles. The summed E-state index contributed by atoms with van der Waals surface area (Å²) in [7, 11) is -10.9. The third kappa shape index (κ3) is 30.9. The maximum absolute atomic E-state index is 12.8. The second kappa shape index (κ2) is 38.1. The lowest BCUT2D eigenvalue weighted by Gasteiger charge is -2.21. The maximum Gasteiger partial charge on any atom is 0.481 e. The topological polar surface area (TPSA) is 286 Å². The van der Waals surface area contributed by atoms with Crippen LogP contribution in [0.1, 0.15) is 168 Å². The molecule has 0 radical (unpaired) electrons. The number of allylic oxidation sites excluding steroid dienone is 9. The molecule has 1 aromatic rings. The van der Waals surface area contributed by atoms with Crippen LogP contribution < -0.4 is 11.4 Å². The summed E-state index contributed by atoms with van der Waals surface area (Å²) in [6.07, 6.45) is 33.4. The first-order chi connectivity index (χ1) is 34.1. The van der Waals surface area contributed by atoms with Gasteiger partial charge in [-0.3, -0.25) is 23.2 Å². The predicted octanol–water partition coefficient (Wildman–Crippen LogP) is 9.30. The van der Waals surface area contributed by atoms with Crippen LogP contribution in [0.3, 0.4) is 0 Å². The van der Waals surface area contributed by atoms with E-state index in [-0.39, 0.29) is 18.7 Å². The Balaban J connectivity index is 1.84. The van der Waals surface area contributed by atoms with E-state index >= 15 is 0 Å². The molecule has 1 aromatic heterocycles.